The van der Waals surface area contributed by atoms with Crippen molar-refractivity contribution in [3.63, 3.8) is 0 Å². The Balaban J connectivity index is 2.10. The minimum absolute atomic E-state index is 0.124. The maximum atomic E-state index is 12.0. The van der Waals surface area contributed by atoms with Gasteiger partial charge in [-0.2, -0.15) is 0 Å². The lowest BCUT2D eigenvalue weighted by molar-refractivity contribution is 0.0720. The van der Waals surface area contributed by atoms with Crippen molar-refractivity contribution in [3.8, 4) is 0 Å². The van der Waals surface area contributed by atoms with E-state index in [2.05, 4.69) is 4.98 Å². The van der Waals surface area contributed by atoms with Gasteiger partial charge in [0.25, 0.3) is 5.91 Å². The molecular formula is C11H13ClN2O2. The van der Waals surface area contributed by atoms with Crippen molar-refractivity contribution < 1.29 is 4.79 Å². The Morgan fingerprint density at radius 1 is 1.38 bits per heavy atom. The summed E-state index contributed by atoms with van der Waals surface area (Å²) in [6, 6.07) is 4.60. The van der Waals surface area contributed by atoms with Crippen LogP contribution in [0.5, 0.6) is 0 Å². The van der Waals surface area contributed by atoms with Crippen molar-refractivity contribution in [2.75, 3.05) is 13.1 Å². The van der Waals surface area contributed by atoms with Gasteiger partial charge in [0.2, 0.25) is 5.56 Å². The summed E-state index contributed by atoms with van der Waals surface area (Å²) in [5.41, 5.74) is 0.0959. The Bertz CT molecular complexity index is 436. The summed E-state index contributed by atoms with van der Waals surface area (Å²) in [7, 11) is 0. The number of likely N-dealkylation sites (tertiary alicyclic amines) is 1. The molecule has 2 heterocycles. The van der Waals surface area contributed by atoms with Gasteiger partial charge in [-0.25, -0.2) is 0 Å². The summed E-state index contributed by atoms with van der Waals surface area (Å²) in [6.07, 6.45) is 1.62. The van der Waals surface area contributed by atoms with Crippen LogP contribution >= 0.6 is 11.6 Å². The topological polar surface area (TPSA) is 53.2 Å². The molecule has 5 heteroatoms. The highest BCUT2D eigenvalue weighted by Crippen LogP contribution is 2.16. The van der Waals surface area contributed by atoms with Crippen molar-refractivity contribution >= 4 is 17.5 Å². The van der Waals surface area contributed by atoms with E-state index in [1.165, 1.54) is 6.07 Å². The zero-order chi connectivity index (χ0) is 11.5. The van der Waals surface area contributed by atoms with Crippen molar-refractivity contribution in [1.82, 2.24) is 9.88 Å². The fraction of sp³-hybridized carbons (Fsp3) is 0.455. The molecule has 0 saturated carbocycles. The largest absolute Gasteiger partial charge is 0.337 e. The van der Waals surface area contributed by atoms with Crippen molar-refractivity contribution in [1.29, 1.82) is 0 Å². The molecule has 0 aliphatic carbocycles. The number of carbonyl (C=O) groups is 1. The van der Waals surface area contributed by atoms with Gasteiger partial charge >= 0.3 is 0 Å². The third kappa shape index (κ3) is 2.44. The lowest BCUT2D eigenvalue weighted by Gasteiger charge is -2.29. The molecule has 0 radical (unpaired) electrons. The van der Waals surface area contributed by atoms with E-state index in [-0.39, 0.29) is 16.8 Å². The molecule has 0 atom stereocenters. The Labute approximate surface area is 98.2 Å². The maximum absolute atomic E-state index is 12.0. The van der Waals surface area contributed by atoms with Crippen LogP contribution in [0.4, 0.5) is 0 Å². The molecule has 0 unspecified atom stereocenters. The minimum Gasteiger partial charge on any atom is -0.337 e. The molecule has 1 aromatic heterocycles. The summed E-state index contributed by atoms with van der Waals surface area (Å²) >= 11 is 5.96. The van der Waals surface area contributed by atoms with Crippen molar-refractivity contribution in [2.24, 2.45) is 0 Å². The number of amides is 1. The average Bonchev–Trinajstić information content (AvgIpc) is 2.29. The molecular weight excluding hydrogens is 228 g/mol. The number of hydrogen-bond acceptors (Lipinski definition) is 2. The Morgan fingerprint density at radius 3 is 2.69 bits per heavy atom. The smallest absolute Gasteiger partial charge is 0.270 e. The maximum Gasteiger partial charge on any atom is 0.270 e. The minimum atomic E-state index is -0.252. The number of nitrogens with one attached hydrogen (secondary N) is 1. The highest BCUT2D eigenvalue weighted by molar-refractivity contribution is 6.20. The highest BCUT2D eigenvalue weighted by atomic mass is 35.5. The highest BCUT2D eigenvalue weighted by Gasteiger charge is 2.22. The predicted molar refractivity (Wildman–Crippen MR) is 61.8 cm³/mol. The van der Waals surface area contributed by atoms with Crippen LogP contribution in [0.1, 0.15) is 23.3 Å². The molecule has 16 heavy (non-hydrogen) atoms. The lowest BCUT2D eigenvalue weighted by atomic mass is 10.1. The molecule has 1 aliphatic heterocycles. The number of halogens is 1. The fourth-order valence-electron chi connectivity index (χ4n) is 1.79. The SMILES string of the molecule is O=C(c1cccc(=O)[nH]1)N1CCC(Cl)CC1. The zero-order valence-corrected chi connectivity index (χ0v) is 9.54. The van der Waals surface area contributed by atoms with Crippen molar-refractivity contribution in [2.45, 2.75) is 18.2 Å². The van der Waals surface area contributed by atoms with Crippen LogP contribution in [0.2, 0.25) is 0 Å². The summed E-state index contributed by atoms with van der Waals surface area (Å²) in [5, 5.41) is 0.166. The van der Waals surface area contributed by atoms with Crippen LogP contribution in [0.15, 0.2) is 23.0 Å². The van der Waals surface area contributed by atoms with E-state index in [9.17, 15) is 9.59 Å². The second-order valence-corrected chi connectivity index (χ2v) is 4.51. The second-order valence-electron chi connectivity index (χ2n) is 3.90. The van der Waals surface area contributed by atoms with Crippen LogP contribution in [0.3, 0.4) is 0 Å². The molecule has 0 aromatic carbocycles. The van der Waals surface area contributed by atoms with Crippen LogP contribution < -0.4 is 5.56 Å². The van der Waals surface area contributed by atoms with Gasteiger partial charge in [-0.1, -0.05) is 6.07 Å². The first-order valence-electron chi connectivity index (χ1n) is 5.29. The average molecular weight is 241 g/mol. The van der Waals surface area contributed by atoms with E-state index in [1.54, 1.807) is 17.0 Å². The number of piperidine rings is 1. The van der Waals surface area contributed by atoms with E-state index in [0.717, 1.165) is 12.8 Å². The number of alkyl halides is 1. The van der Waals surface area contributed by atoms with Crippen LogP contribution in [0.25, 0.3) is 0 Å². The molecule has 1 N–H and O–H groups in total. The third-order valence-corrected chi connectivity index (χ3v) is 3.15. The van der Waals surface area contributed by atoms with Gasteiger partial charge < -0.3 is 9.88 Å². The second kappa shape index (κ2) is 4.70. The number of hydrogen-bond donors (Lipinski definition) is 1. The molecule has 1 saturated heterocycles. The Kier molecular flexibility index (Phi) is 3.29. The molecule has 1 fully saturated rings. The Hall–Kier alpha value is -1.29. The van der Waals surface area contributed by atoms with E-state index in [4.69, 9.17) is 11.6 Å². The summed E-state index contributed by atoms with van der Waals surface area (Å²) in [5.74, 6) is -0.124. The van der Waals surface area contributed by atoms with Gasteiger partial charge in [-0.3, -0.25) is 9.59 Å². The zero-order valence-electron chi connectivity index (χ0n) is 8.78. The van der Waals surface area contributed by atoms with E-state index < -0.39 is 0 Å². The van der Waals surface area contributed by atoms with Gasteiger partial charge in [0.15, 0.2) is 0 Å². The summed E-state index contributed by atoms with van der Waals surface area (Å²) < 4.78 is 0. The molecule has 1 amide bonds. The van der Waals surface area contributed by atoms with E-state index in [1.807, 2.05) is 0 Å². The number of aromatic nitrogens is 1. The summed E-state index contributed by atoms with van der Waals surface area (Å²) in [6.45, 7) is 1.31. The monoisotopic (exact) mass is 240 g/mol. The van der Waals surface area contributed by atoms with Gasteiger partial charge in [-0.05, 0) is 18.9 Å². The molecule has 0 bridgehead atoms. The molecule has 1 aliphatic rings. The number of carbonyl (C=O) groups excluding carboxylic acids is 1. The van der Waals surface area contributed by atoms with Gasteiger partial charge in [-0.15, -0.1) is 11.6 Å². The molecule has 4 nitrogen and oxygen atoms in total. The number of H-pyrrole nitrogens is 1. The van der Waals surface area contributed by atoms with E-state index in [0.29, 0.717) is 18.8 Å². The molecule has 2 rings (SSSR count). The standard InChI is InChI=1S/C11H13ClN2O2/c12-8-4-6-14(7-5-8)11(16)9-2-1-3-10(15)13-9/h1-3,8H,4-7H2,(H,13,15). The van der Waals surface area contributed by atoms with Crippen LogP contribution in [0, 0.1) is 0 Å². The predicted octanol–water partition coefficient (Wildman–Crippen LogP) is 1.22. The third-order valence-electron chi connectivity index (χ3n) is 2.71. The number of pyridine rings is 1. The first-order valence-corrected chi connectivity index (χ1v) is 5.73. The van der Waals surface area contributed by atoms with Crippen LogP contribution in [-0.2, 0) is 0 Å². The normalized spacial score (nSPS) is 17.4. The number of rotatable bonds is 1. The number of nitrogens with zero attached hydrogens (tertiary/aromatic N) is 1. The number of aromatic amines is 1. The lowest BCUT2D eigenvalue weighted by Crippen LogP contribution is -2.39. The van der Waals surface area contributed by atoms with Gasteiger partial charge in [0.1, 0.15) is 5.69 Å². The van der Waals surface area contributed by atoms with Gasteiger partial charge in [0, 0.05) is 24.5 Å². The molecule has 1 aromatic rings. The van der Waals surface area contributed by atoms with Crippen LogP contribution in [-0.4, -0.2) is 34.3 Å². The quantitative estimate of drug-likeness (QED) is 0.751. The first-order chi connectivity index (χ1) is 7.66. The van der Waals surface area contributed by atoms with Crippen molar-refractivity contribution in [3.05, 3.63) is 34.2 Å². The fourth-order valence-corrected chi connectivity index (χ4v) is 1.99. The summed E-state index contributed by atoms with van der Waals surface area (Å²) in [4.78, 5) is 27.3. The van der Waals surface area contributed by atoms with E-state index >= 15 is 0 Å². The van der Waals surface area contributed by atoms with Gasteiger partial charge in [0.05, 0.1) is 0 Å². The Morgan fingerprint density at radius 2 is 2.06 bits per heavy atom. The first kappa shape index (κ1) is 11.2. The molecule has 86 valence electrons. The molecule has 0 spiro atoms.